The van der Waals surface area contributed by atoms with Crippen molar-refractivity contribution in [3.05, 3.63) is 40.1 Å². The molecule has 58 valence electrons. The van der Waals surface area contributed by atoms with Crippen LogP contribution in [-0.4, -0.2) is 0 Å². The molecular formula is C8H8S3. The zero-order chi connectivity index (χ0) is 8.27. The molecule has 0 N–H and O–H groups in total. The van der Waals surface area contributed by atoms with Crippen LogP contribution in [0.3, 0.4) is 0 Å². The third-order valence-corrected chi connectivity index (χ3v) is 2.54. The third-order valence-electron chi connectivity index (χ3n) is 1.26. The van der Waals surface area contributed by atoms with Crippen molar-refractivity contribution in [1.82, 2.24) is 0 Å². The van der Waals surface area contributed by atoms with E-state index in [2.05, 4.69) is 37.9 Å². The van der Waals surface area contributed by atoms with Crippen molar-refractivity contribution in [2.75, 3.05) is 0 Å². The molecule has 0 aromatic heterocycles. The van der Waals surface area contributed by atoms with E-state index in [1.54, 1.807) is 0 Å². The highest BCUT2D eigenvalue weighted by atomic mass is 32.2. The van der Waals surface area contributed by atoms with Crippen molar-refractivity contribution in [3.8, 4) is 0 Å². The van der Waals surface area contributed by atoms with Crippen molar-refractivity contribution >= 4 is 42.8 Å². The van der Waals surface area contributed by atoms with E-state index in [1.807, 2.05) is 30.3 Å². The van der Waals surface area contributed by atoms with Crippen molar-refractivity contribution in [2.45, 2.75) is 0 Å². The summed E-state index contributed by atoms with van der Waals surface area (Å²) in [5.41, 5.74) is 1.04. The van der Waals surface area contributed by atoms with Gasteiger partial charge in [-0.25, -0.2) is 0 Å². The molecule has 0 spiro atoms. The molecule has 0 aliphatic carbocycles. The SMILES string of the molecule is SC(S)=C(S)c1ccccc1. The maximum Gasteiger partial charge on any atom is 0.0480 e. The van der Waals surface area contributed by atoms with Gasteiger partial charge in [-0.05, 0) is 5.56 Å². The van der Waals surface area contributed by atoms with E-state index in [0.29, 0.717) is 4.24 Å². The van der Waals surface area contributed by atoms with Crippen molar-refractivity contribution < 1.29 is 0 Å². The highest BCUT2D eigenvalue weighted by Gasteiger charge is 1.96. The van der Waals surface area contributed by atoms with Crippen LogP contribution in [-0.2, 0) is 0 Å². The Morgan fingerprint density at radius 2 is 1.45 bits per heavy atom. The van der Waals surface area contributed by atoms with Gasteiger partial charge in [0.1, 0.15) is 0 Å². The quantitative estimate of drug-likeness (QED) is 0.570. The minimum absolute atomic E-state index is 0.638. The van der Waals surface area contributed by atoms with E-state index >= 15 is 0 Å². The summed E-state index contributed by atoms with van der Waals surface area (Å²) in [6, 6.07) is 9.80. The van der Waals surface area contributed by atoms with E-state index in [1.165, 1.54) is 0 Å². The molecule has 1 rings (SSSR count). The molecule has 0 atom stereocenters. The Labute approximate surface area is 82.9 Å². The van der Waals surface area contributed by atoms with Crippen LogP contribution >= 0.6 is 37.9 Å². The van der Waals surface area contributed by atoms with Gasteiger partial charge >= 0.3 is 0 Å². The molecule has 11 heavy (non-hydrogen) atoms. The summed E-state index contributed by atoms with van der Waals surface area (Å²) in [6.07, 6.45) is 0. The summed E-state index contributed by atoms with van der Waals surface area (Å²) in [5.74, 6) is 0. The summed E-state index contributed by atoms with van der Waals surface area (Å²) < 4.78 is 0.638. The van der Waals surface area contributed by atoms with E-state index in [4.69, 9.17) is 0 Å². The lowest BCUT2D eigenvalue weighted by Gasteiger charge is -1.99. The molecule has 0 saturated carbocycles. The van der Waals surface area contributed by atoms with Crippen LogP contribution in [0.2, 0.25) is 0 Å². The average Bonchev–Trinajstić information content (AvgIpc) is 2.05. The molecule has 0 heterocycles. The van der Waals surface area contributed by atoms with Crippen LogP contribution in [0.1, 0.15) is 5.56 Å². The minimum Gasteiger partial charge on any atom is -0.141 e. The van der Waals surface area contributed by atoms with Crippen molar-refractivity contribution in [2.24, 2.45) is 0 Å². The second kappa shape index (κ2) is 4.14. The summed E-state index contributed by atoms with van der Waals surface area (Å²) in [6.45, 7) is 0. The van der Waals surface area contributed by atoms with E-state index in [9.17, 15) is 0 Å². The van der Waals surface area contributed by atoms with Gasteiger partial charge in [-0.15, -0.1) is 37.9 Å². The molecule has 1 aromatic rings. The first-order valence-corrected chi connectivity index (χ1v) is 4.42. The number of thiol groups is 3. The van der Waals surface area contributed by atoms with E-state index < -0.39 is 0 Å². The van der Waals surface area contributed by atoms with Gasteiger partial charge in [0.15, 0.2) is 0 Å². The lowest BCUT2D eigenvalue weighted by molar-refractivity contribution is 1.66. The summed E-state index contributed by atoms with van der Waals surface area (Å²) in [5, 5.41) is 0. The van der Waals surface area contributed by atoms with Crippen LogP contribution < -0.4 is 0 Å². The second-order valence-corrected chi connectivity index (χ2v) is 3.73. The average molecular weight is 200 g/mol. The summed E-state index contributed by atoms with van der Waals surface area (Å²) in [4.78, 5) is 0.803. The lowest BCUT2D eigenvalue weighted by atomic mass is 10.2. The number of benzene rings is 1. The highest BCUT2D eigenvalue weighted by molar-refractivity contribution is 8.07. The van der Waals surface area contributed by atoms with Gasteiger partial charge in [-0.3, -0.25) is 0 Å². The first-order valence-electron chi connectivity index (χ1n) is 3.08. The predicted molar refractivity (Wildman–Crippen MR) is 60.3 cm³/mol. The molecule has 0 amide bonds. The zero-order valence-corrected chi connectivity index (χ0v) is 8.41. The fraction of sp³-hybridized carbons (Fsp3) is 0. The molecule has 0 fully saturated rings. The van der Waals surface area contributed by atoms with Gasteiger partial charge < -0.3 is 0 Å². The van der Waals surface area contributed by atoms with Crippen LogP contribution in [0, 0.1) is 0 Å². The van der Waals surface area contributed by atoms with E-state index in [0.717, 1.165) is 10.5 Å². The van der Waals surface area contributed by atoms with Crippen LogP contribution in [0.15, 0.2) is 34.6 Å². The maximum atomic E-state index is 4.24. The van der Waals surface area contributed by atoms with Gasteiger partial charge in [-0.2, -0.15) is 0 Å². The monoisotopic (exact) mass is 200 g/mol. The summed E-state index contributed by atoms with van der Waals surface area (Å²) >= 11 is 12.4. The Bertz CT molecular complexity index is 260. The normalized spacial score (nSPS) is 9.36. The molecule has 0 radical (unpaired) electrons. The predicted octanol–water partition coefficient (Wildman–Crippen LogP) is 3.10. The number of hydrogen-bond acceptors (Lipinski definition) is 3. The van der Waals surface area contributed by atoms with Gasteiger partial charge in [0, 0.05) is 9.14 Å². The highest BCUT2D eigenvalue weighted by Crippen LogP contribution is 2.26. The fourth-order valence-electron chi connectivity index (χ4n) is 0.725. The van der Waals surface area contributed by atoms with Gasteiger partial charge in [0.05, 0.1) is 0 Å². The Balaban J connectivity index is 3.04. The second-order valence-electron chi connectivity index (χ2n) is 2.04. The molecule has 0 saturated heterocycles. The first-order chi connectivity index (χ1) is 5.22. The molecule has 1 aromatic carbocycles. The number of rotatable bonds is 1. The topological polar surface area (TPSA) is 0 Å². The van der Waals surface area contributed by atoms with Crippen LogP contribution in [0.25, 0.3) is 4.91 Å². The van der Waals surface area contributed by atoms with Crippen LogP contribution in [0.4, 0.5) is 0 Å². The largest absolute Gasteiger partial charge is 0.141 e. The Morgan fingerprint density at radius 3 is 1.91 bits per heavy atom. The fourth-order valence-corrected chi connectivity index (χ4v) is 1.13. The molecule has 0 nitrogen and oxygen atoms in total. The lowest BCUT2D eigenvalue weighted by Crippen LogP contribution is -1.74. The summed E-state index contributed by atoms with van der Waals surface area (Å²) in [7, 11) is 0. The Kier molecular flexibility index (Phi) is 3.43. The first kappa shape index (κ1) is 9.10. The molecule has 0 bridgehead atoms. The number of hydrogen-bond donors (Lipinski definition) is 3. The van der Waals surface area contributed by atoms with Gasteiger partial charge in [0.2, 0.25) is 0 Å². The maximum absolute atomic E-state index is 4.24. The van der Waals surface area contributed by atoms with Gasteiger partial charge in [-0.1, -0.05) is 30.3 Å². The van der Waals surface area contributed by atoms with Gasteiger partial charge in [0.25, 0.3) is 0 Å². The third kappa shape index (κ3) is 2.51. The van der Waals surface area contributed by atoms with Crippen molar-refractivity contribution in [1.29, 1.82) is 0 Å². The van der Waals surface area contributed by atoms with Crippen LogP contribution in [0.5, 0.6) is 0 Å². The molecule has 3 heteroatoms. The molecule has 0 aliphatic rings. The zero-order valence-electron chi connectivity index (χ0n) is 5.73. The molecular weight excluding hydrogens is 192 g/mol. The molecule has 0 aliphatic heterocycles. The Morgan fingerprint density at radius 1 is 0.909 bits per heavy atom. The van der Waals surface area contributed by atoms with E-state index in [-0.39, 0.29) is 0 Å². The standard InChI is InChI=1S/C8H8S3/c9-7(8(10)11)6-4-2-1-3-5-6/h1-5,9-11H. The van der Waals surface area contributed by atoms with Crippen molar-refractivity contribution in [3.63, 3.8) is 0 Å². The Hall–Kier alpha value is 0.01000. The molecule has 0 unspecified atom stereocenters. The smallest absolute Gasteiger partial charge is 0.0480 e. The minimum atomic E-state index is 0.638.